The zero-order chi connectivity index (χ0) is 11.0. The minimum atomic E-state index is -0.616. The molecule has 2 rings (SSSR count). The first-order chi connectivity index (χ1) is 7.09. The van der Waals surface area contributed by atoms with Gasteiger partial charge < -0.3 is 16.8 Å². The Morgan fingerprint density at radius 1 is 1.40 bits per heavy atom. The average molecular weight is 224 g/mol. The van der Waals surface area contributed by atoms with Crippen LogP contribution in [0.25, 0.3) is 0 Å². The number of carbonyl (C=O) groups excluding carboxylic acids is 2. The summed E-state index contributed by atoms with van der Waals surface area (Å²) in [5.74, 6) is -0.998. The van der Waals surface area contributed by atoms with E-state index in [0.29, 0.717) is 10.6 Å². The van der Waals surface area contributed by atoms with E-state index in [1.54, 1.807) is 5.38 Å². The number of amidine groups is 1. The lowest BCUT2D eigenvalue weighted by Crippen LogP contribution is -2.32. The van der Waals surface area contributed by atoms with Crippen LogP contribution in [-0.2, 0) is 11.3 Å². The van der Waals surface area contributed by atoms with Gasteiger partial charge in [-0.2, -0.15) is 0 Å². The maximum Gasteiger partial charge on any atom is 0.284 e. The van der Waals surface area contributed by atoms with Gasteiger partial charge in [0.2, 0.25) is 5.91 Å². The van der Waals surface area contributed by atoms with Crippen molar-refractivity contribution in [2.24, 2.45) is 16.5 Å². The van der Waals surface area contributed by atoms with Gasteiger partial charge in [0.05, 0.1) is 17.1 Å². The summed E-state index contributed by atoms with van der Waals surface area (Å²) in [6.45, 7) is 0.252. The smallest absolute Gasteiger partial charge is 0.284 e. The summed E-state index contributed by atoms with van der Waals surface area (Å²) in [7, 11) is 0. The second kappa shape index (κ2) is 3.35. The monoisotopic (exact) mass is 224 g/mol. The number of carbonyl (C=O) groups is 2. The topological polar surface area (TPSA) is 111 Å². The van der Waals surface area contributed by atoms with Crippen LogP contribution in [0.2, 0.25) is 0 Å². The van der Waals surface area contributed by atoms with E-state index in [0.717, 1.165) is 5.56 Å². The molecule has 0 fully saturated rings. The van der Waals surface area contributed by atoms with Gasteiger partial charge in [0, 0.05) is 10.9 Å². The number of thiophene rings is 1. The number of nitrogens with one attached hydrogen (secondary N) is 1. The van der Waals surface area contributed by atoms with Crippen molar-refractivity contribution in [3.63, 3.8) is 0 Å². The highest BCUT2D eigenvalue weighted by atomic mass is 32.1. The highest BCUT2D eigenvalue weighted by Crippen LogP contribution is 2.30. The molecule has 1 aromatic heterocycles. The van der Waals surface area contributed by atoms with Crippen LogP contribution in [-0.4, -0.2) is 17.6 Å². The van der Waals surface area contributed by atoms with E-state index < -0.39 is 11.8 Å². The molecule has 0 saturated heterocycles. The first-order valence-corrected chi connectivity index (χ1v) is 4.99. The molecule has 78 valence electrons. The number of nitrogens with two attached hydrogens (primary N) is 2. The molecule has 0 aliphatic carbocycles. The quantitative estimate of drug-likeness (QED) is 0.638. The van der Waals surface area contributed by atoms with Gasteiger partial charge >= 0.3 is 0 Å². The van der Waals surface area contributed by atoms with Crippen LogP contribution in [0.4, 0.5) is 5.00 Å². The Morgan fingerprint density at radius 3 is 2.73 bits per heavy atom. The molecule has 6 nitrogen and oxygen atoms in total. The zero-order valence-electron chi connectivity index (χ0n) is 7.61. The molecule has 0 saturated carbocycles. The van der Waals surface area contributed by atoms with Crippen molar-refractivity contribution < 1.29 is 9.59 Å². The fourth-order valence-corrected chi connectivity index (χ4v) is 2.26. The van der Waals surface area contributed by atoms with E-state index in [9.17, 15) is 9.59 Å². The van der Waals surface area contributed by atoms with Crippen LogP contribution in [0.15, 0.2) is 10.4 Å². The van der Waals surface area contributed by atoms with E-state index in [-0.39, 0.29) is 12.4 Å². The van der Waals surface area contributed by atoms with E-state index >= 15 is 0 Å². The molecule has 5 N–H and O–H groups in total. The van der Waals surface area contributed by atoms with Crippen molar-refractivity contribution in [1.82, 2.24) is 0 Å². The minimum absolute atomic E-state index is 0.111. The largest absolute Gasteiger partial charge is 0.366 e. The number of rotatable bonds is 2. The molecule has 0 unspecified atom stereocenters. The summed E-state index contributed by atoms with van der Waals surface area (Å²) in [5.41, 5.74) is 11.4. The molecule has 7 heteroatoms. The first-order valence-electron chi connectivity index (χ1n) is 4.11. The Balaban J connectivity index is 2.36. The Labute approximate surface area is 89.0 Å². The molecule has 1 aromatic rings. The molecular formula is C8H8N4O2S. The number of anilines is 1. The van der Waals surface area contributed by atoms with E-state index in [1.807, 2.05) is 0 Å². The second-order valence-corrected chi connectivity index (χ2v) is 3.86. The summed E-state index contributed by atoms with van der Waals surface area (Å²) < 4.78 is 0. The Hall–Kier alpha value is -1.89. The Kier molecular flexibility index (Phi) is 2.16. The van der Waals surface area contributed by atoms with Gasteiger partial charge in [-0.15, -0.1) is 11.3 Å². The summed E-state index contributed by atoms with van der Waals surface area (Å²) in [5, 5.41) is 5.10. The molecule has 0 atom stereocenters. The molecule has 2 amide bonds. The van der Waals surface area contributed by atoms with E-state index in [1.165, 1.54) is 11.3 Å². The van der Waals surface area contributed by atoms with Crippen molar-refractivity contribution in [2.75, 3.05) is 5.32 Å². The Morgan fingerprint density at radius 2 is 2.13 bits per heavy atom. The molecule has 1 aliphatic heterocycles. The lowest BCUT2D eigenvalue weighted by molar-refractivity contribution is -0.112. The third-order valence-electron chi connectivity index (χ3n) is 2.02. The van der Waals surface area contributed by atoms with Crippen molar-refractivity contribution in [2.45, 2.75) is 6.54 Å². The fourth-order valence-electron chi connectivity index (χ4n) is 1.30. The molecule has 1 aliphatic rings. The van der Waals surface area contributed by atoms with Crippen LogP contribution < -0.4 is 16.8 Å². The number of primary amides is 2. The number of nitrogens with zero attached hydrogens (tertiary/aromatic N) is 1. The maximum absolute atomic E-state index is 11.0. The fraction of sp³-hybridized carbons (Fsp3) is 0.125. The molecule has 0 spiro atoms. The molecule has 2 heterocycles. The van der Waals surface area contributed by atoms with Gasteiger partial charge in [-0.25, -0.2) is 0 Å². The van der Waals surface area contributed by atoms with Crippen LogP contribution >= 0.6 is 11.3 Å². The number of fused-ring (bicyclic) bond motifs is 1. The van der Waals surface area contributed by atoms with Crippen LogP contribution in [0.1, 0.15) is 15.9 Å². The predicted molar refractivity (Wildman–Crippen MR) is 56.8 cm³/mol. The number of hydrogen-bond acceptors (Lipinski definition) is 5. The minimum Gasteiger partial charge on any atom is -0.366 e. The second-order valence-electron chi connectivity index (χ2n) is 2.98. The van der Waals surface area contributed by atoms with Crippen molar-refractivity contribution in [1.29, 1.82) is 0 Å². The summed E-state index contributed by atoms with van der Waals surface area (Å²) in [6, 6.07) is 0. The first kappa shape index (κ1) is 9.66. The van der Waals surface area contributed by atoms with Gasteiger partial charge in [0.25, 0.3) is 5.91 Å². The van der Waals surface area contributed by atoms with Crippen LogP contribution in [0, 0.1) is 0 Å². The van der Waals surface area contributed by atoms with Gasteiger partial charge in [-0.05, 0) is 0 Å². The predicted octanol–water partition coefficient (Wildman–Crippen LogP) is -0.344. The van der Waals surface area contributed by atoms with Gasteiger partial charge in [-0.1, -0.05) is 0 Å². The molecule has 0 aromatic carbocycles. The highest BCUT2D eigenvalue weighted by molar-refractivity contribution is 7.15. The maximum atomic E-state index is 11.0. The molecular weight excluding hydrogens is 216 g/mol. The number of aliphatic imine (C=N–C) groups is 1. The van der Waals surface area contributed by atoms with Crippen molar-refractivity contribution in [3.8, 4) is 0 Å². The molecule has 0 bridgehead atoms. The number of amides is 2. The molecule has 15 heavy (non-hydrogen) atoms. The zero-order valence-corrected chi connectivity index (χ0v) is 8.43. The number of hydrogen-bond donors (Lipinski definition) is 3. The third kappa shape index (κ3) is 1.57. The van der Waals surface area contributed by atoms with Gasteiger partial charge in [0.1, 0.15) is 0 Å². The SMILES string of the molecule is NC(=O)C1=NCc2c(C(N)=O)csc2N1. The van der Waals surface area contributed by atoms with Gasteiger partial charge in [-0.3, -0.25) is 14.6 Å². The lowest BCUT2D eigenvalue weighted by Gasteiger charge is -2.12. The van der Waals surface area contributed by atoms with Crippen molar-refractivity contribution >= 4 is 34.0 Å². The summed E-state index contributed by atoms with van der Waals surface area (Å²) in [6.07, 6.45) is 0. The molecule has 0 radical (unpaired) electrons. The summed E-state index contributed by atoms with van der Waals surface area (Å²) >= 11 is 1.30. The highest BCUT2D eigenvalue weighted by Gasteiger charge is 2.21. The standard InChI is InChI=1S/C8H8N4O2S/c9-5(13)4-2-15-8-3(4)1-11-7(12-8)6(10)14/h2H,1H2,(H2,9,13)(H2,10,14)(H,11,12). The van der Waals surface area contributed by atoms with E-state index in [4.69, 9.17) is 11.5 Å². The third-order valence-corrected chi connectivity index (χ3v) is 2.96. The normalized spacial score (nSPS) is 13.7. The Bertz CT molecular complexity index is 477. The van der Waals surface area contributed by atoms with Crippen molar-refractivity contribution in [3.05, 3.63) is 16.5 Å². The van der Waals surface area contributed by atoms with Gasteiger partial charge in [0.15, 0.2) is 5.84 Å². The van der Waals surface area contributed by atoms with Crippen LogP contribution in [0.5, 0.6) is 0 Å². The lowest BCUT2D eigenvalue weighted by atomic mass is 10.1. The van der Waals surface area contributed by atoms with Crippen LogP contribution in [0.3, 0.4) is 0 Å². The average Bonchev–Trinajstić information content (AvgIpc) is 2.59. The summed E-state index contributed by atoms with van der Waals surface area (Å²) in [4.78, 5) is 25.8. The van der Waals surface area contributed by atoms with E-state index in [2.05, 4.69) is 10.3 Å².